The van der Waals surface area contributed by atoms with E-state index in [0.29, 0.717) is 28.7 Å². The summed E-state index contributed by atoms with van der Waals surface area (Å²) in [7, 11) is 0. The third-order valence-corrected chi connectivity index (χ3v) is 6.51. The topological polar surface area (TPSA) is 61.4 Å². The summed E-state index contributed by atoms with van der Waals surface area (Å²) >= 11 is 1.44. The van der Waals surface area contributed by atoms with E-state index < -0.39 is 0 Å². The minimum Gasteiger partial charge on any atom is -0.490 e. The molecule has 0 spiro atoms. The molecule has 0 amide bonds. The number of benzene rings is 3. The van der Waals surface area contributed by atoms with Crippen molar-refractivity contribution >= 4 is 28.4 Å². The molecule has 0 unspecified atom stereocenters. The van der Waals surface area contributed by atoms with E-state index in [0.717, 1.165) is 22.3 Å². The molecular formula is C25H21FN4O2S. The van der Waals surface area contributed by atoms with Crippen LogP contribution in [0.1, 0.15) is 11.1 Å². The smallest absolute Gasteiger partial charge is 0.267 e. The van der Waals surface area contributed by atoms with E-state index in [-0.39, 0.29) is 17.1 Å². The molecule has 3 aromatic carbocycles. The number of hydrogen-bond donors (Lipinski definition) is 0. The van der Waals surface area contributed by atoms with Crippen LogP contribution >= 0.6 is 11.8 Å². The van der Waals surface area contributed by atoms with Crippen LogP contribution in [-0.4, -0.2) is 31.5 Å². The first-order valence-electron chi connectivity index (χ1n) is 10.5. The Hall–Kier alpha value is -3.65. The van der Waals surface area contributed by atoms with Crippen molar-refractivity contribution in [3.05, 3.63) is 94.0 Å². The molecule has 166 valence electrons. The highest BCUT2D eigenvalue weighted by atomic mass is 32.2. The van der Waals surface area contributed by atoms with Crippen molar-refractivity contribution in [2.24, 2.45) is 0 Å². The number of thioether (sulfide) groups is 1. The van der Waals surface area contributed by atoms with Gasteiger partial charge in [0.1, 0.15) is 0 Å². The fraction of sp³-hybridized carbons (Fsp3) is 0.160. The molecule has 8 heteroatoms. The number of para-hydroxylation sites is 2. The number of fused-ring (bicyclic) bond motifs is 3. The zero-order valence-corrected chi connectivity index (χ0v) is 19.0. The predicted octanol–water partition coefficient (Wildman–Crippen LogP) is 4.96. The van der Waals surface area contributed by atoms with Gasteiger partial charge < -0.3 is 4.74 Å². The summed E-state index contributed by atoms with van der Waals surface area (Å²) in [4.78, 5) is 13.5. The number of rotatable bonds is 6. The molecule has 5 aromatic rings. The normalized spacial score (nSPS) is 11.4. The Morgan fingerprint density at radius 2 is 1.76 bits per heavy atom. The van der Waals surface area contributed by atoms with Crippen LogP contribution in [-0.2, 0) is 0 Å². The molecule has 2 heterocycles. The van der Waals surface area contributed by atoms with Crippen molar-refractivity contribution in [3.63, 3.8) is 0 Å². The molecule has 0 aliphatic carbocycles. The second-order valence-electron chi connectivity index (χ2n) is 7.62. The second kappa shape index (κ2) is 8.71. The van der Waals surface area contributed by atoms with Crippen LogP contribution in [0.25, 0.3) is 22.4 Å². The number of nitrogens with zero attached hydrogens (tertiary/aromatic N) is 4. The average Bonchev–Trinajstić information content (AvgIpc) is 3.24. The molecular weight excluding hydrogens is 439 g/mol. The van der Waals surface area contributed by atoms with Crippen molar-refractivity contribution in [3.8, 4) is 11.4 Å². The molecule has 0 saturated carbocycles. The van der Waals surface area contributed by atoms with Crippen molar-refractivity contribution in [2.45, 2.75) is 19.0 Å². The van der Waals surface area contributed by atoms with E-state index in [2.05, 4.69) is 10.2 Å². The van der Waals surface area contributed by atoms with Gasteiger partial charge in [-0.25, -0.2) is 8.96 Å². The monoisotopic (exact) mass is 460 g/mol. The van der Waals surface area contributed by atoms with E-state index in [9.17, 15) is 9.18 Å². The van der Waals surface area contributed by atoms with Crippen LogP contribution in [0.2, 0.25) is 0 Å². The molecule has 6 nitrogen and oxygen atoms in total. The lowest BCUT2D eigenvalue weighted by molar-refractivity contribution is 0.325. The first-order chi connectivity index (χ1) is 16.1. The number of aryl methyl sites for hydroxylation is 1. The van der Waals surface area contributed by atoms with Crippen molar-refractivity contribution < 1.29 is 9.13 Å². The van der Waals surface area contributed by atoms with E-state index in [1.807, 2.05) is 60.7 Å². The Morgan fingerprint density at radius 3 is 2.61 bits per heavy atom. The SMILES string of the molecule is Cc1cccc(-n2c(=O)c3ccccc3n3c(SCCOc4ccccc4F)nnc23)c1C. The Bertz CT molecular complexity index is 1540. The quantitative estimate of drug-likeness (QED) is 0.265. The Morgan fingerprint density at radius 1 is 0.970 bits per heavy atom. The summed E-state index contributed by atoms with van der Waals surface area (Å²) in [5.41, 5.74) is 3.47. The van der Waals surface area contributed by atoms with Gasteiger partial charge in [0.25, 0.3) is 5.56 Å². The Balaban J connectivity index is 1.56. The summed E-state index contributed by atoms with van der Waals surface area (Å²) in [5.74, 6) is 0.814. The number of halogens is 1. The van der Waals surface area contributed by atoms with Gasteiger partial charge in [0.05, 0.1) is 23.2 Å². The molecule has 0 atom stereocenters. The molecule has 0 radical (unpaired) electrons. The first kappa shape index (κ1) is 21.2. The second-order valence-corrected chi connectivity index (χ2v) is 8.68. The first-order valence-corrected chi connectivity index (χ1v) is 11.5. The maximum Gasteiger partial charge on any atom is 0.267 e. The van der Waals surface area contributed by atoms with Gasteiger partial charge in [-0.3, -0.25) is 9.20 Å². The van der Waals surface area contributed by atoms with Crippen LogP contribution in [0.3, 0.4) is 0 Å². The fourth-order valence-corrected chi connectivity index (χ4v) is 4.57. The minimum atomic E-state index is -0.390. The Labute approximate surface area is 193 Å². The molecule has 33 heavy (non-hydrogen) atoms. The zero-order valence-electron chi connectivity index (χ0n) is 18.2. The predicted molar refractivity (Wildman–Crippen MR) is 128 cm³/mol. The third kappa shape index (κ3) is 3.76. The maximum atomic E-state index is 13.8. The van der Waals surface area contributed by atoms with E-state index in [1.54, 1.807) is 22.8 Å². The molecule has 0 aliphatic rings. The average molecular weight is 461 g/mol. The number of aromatic nitrogens is 4. The molecule has 2 aromatic heterocycles. The maximum absolute atomic E-state index is 13.8. The lowest BCUT2D eigenvalue weighted by atomic mass is 10.1. The molecule has 0 bridgehead atoms. The standard InChI is InChI=1S/C25H21FN4O2S/c1-16-8-7-12-20(17(16)2)29-23(31)18-9-3-5-11-21(18)30-24(29)27-28-25(30)33-15-14-32-22-13-6-4-10-19(22)26/h3-13H,14-15H2,1-2H3. The molecule has 0 saturated heterocycles. The van der Waals surface area contributed by atoms with Gasteiger partial charge in [0.2, 0.25) is 5.78 Å². The largest absolute Gasteiger partial charge is 0.490 e. The molecule has 5 rings (SSSR count). The number of hydrogen-bond acceptors (Lipinski definition) is 5. The fourth-order valence-electron chi connectivity index (χ4n) is 3.81. The molecule has 0 aliphatic heterocycles. The van der Waals surface area contributed by atoms with Crippen LogP contribution in [0.5, 0.6) is 5.75 Å². The summed E-state index contributed by atoms with van der Waals surface area (Å²) < 4.78 is 22.9. The molecule has 0 fully saturated rings. The van der Waals surface area contributed by atoms with Gasteiger partial charge in [0, 0.05) is 5.75 Å². The van der Waals surface area contributed by atoms with Gasteiger partial charge in [-0.15, -0.1) is 10.2 Å². The minimum absolute atomic E-state index is 0.140. The summed E-state index contributed by atoms with van der Waals surface area (Å²) in [5, 5.41) is 9.97. The highest BCUT2D eigenvalue weighted by Crippen LogP contribution is 2.25. The van der Waals surface area contributed by atoms with Crippen molar-refractivity contribution in [1.82, 2.24) is 19.2 Å². The van der Waals surface area contributed by atoms with Crippen molar-refractivity contribution in [1.29, 1.82) is 0 Å². The van der Waals surface area contributed by atoms with Crippen LogP contribution in [0.4, 0.5) is 4.39 Å². The van der Waals surface area contributed by atoms with E-state index >= 15 is 0 Å². The van der Waals surface area contributed by atoms with Gasteiger partial charge in [-0.05, 0) is 55.3 Å². The van der Waals surface area contributed by atoms with Gasteiger partial charge in [-0.1, -0.05) is 48.2 Å². The van der Waals surface area contributed by atoms with Gasteiger partial charge in [-0.2, -0.15) is 0 Å². The zero-order chi connectivity index (χ0) is 22.9. The number of ether oxygens (including phenoxy) is 1. The molecule has 0 N–H and O–H groups in total. The lowest BCUT2D eigenvalue weighted by Crippen LogP contribution is -2.22. The van der Waals surface area contributed by atoms with E-state index in [1.165, 1.54) is 17.8 Å². The van der Waals surface area contributed by atoms with Crippen molar-refractivity contribution in [2.75, 3.05) is 12.4 Å². The lowest BCUT2D eigenvalue weighted by Gasteiger charge is -2.14. The van der Waals surface area contributed by atoms with Gasteiger partial charge >= 0.3 is 0 Å². The van der Waals surface area contributed by atoms with Crippen LogP contribution in [0, 0.1) is 19.7 Å². The summed E-state index contributed by atoms with van der Waals surface area (Å²) in [6.45, 7) is 4.31. The third-order valence-electron chi connectivity index (χ3n) is 5.62. The summed E-state index contributed by atoms with van der Waals surface area (Å²) in [6, 6.07) is 19.6. The van der Waals surface area contributed by atoms with Crippen LogP contribution < -0.4 is 10.3 Å². The van der Waals surface area contributed by atoms with Gasteiger partial charge in [0.15, 0.2) is 16.7 Å². The Kier molecular flexibility index (Phi) is 5.60. The van der Waals surface area contributed by atoms with E-state index in [4.69, 9.17) is 4.74 Å². The highest BCUT2D eigenvalue weighted by molar-refractivity contribution is 7.99. The summed E-state index contributed by atoms with van der Waals surface area (Å²) in [6.07, 6.45) is 0. The highest BCUT2D eigenvalue weighted by Gasteiger charge is 2.19. The van der Waals surface area contributed by atoms with Crippen LogP contribution in [0.15, 0.2) is 76.7 Å².